The van der Waals surface area contributed by atoms with Crippen LogP contribution in [0.15, 0.2) is 166 Å². The Kier molecular flexibility index (Phi) is 25.5. The van der Waals surface area contributed by atoms with Crippen LogP contribution in [0.2, 0.25) is 5.02 Å². The second-order valence-corrected chi connectivity index (χ2v) is 27.2. The minimum atomic E-state index is -1.41. The Morgan fingerprint density at radius 1 is 0.790 bits per heavy atom. The minimum Gasteiger partial charge on any atom is -0.487 e. The van der Waals surface area contributed by atoms with E-state index in [0.717, 1.165) is 11.0 Å². The number of primary amides is 1. The van der Waals surface area contributed by atoms with Crippen molar-refractivity contribution >= 4 is 103 Å². The molecule has 0 saturated heterocycles. The average Bonchev–Trinajstić information content (AvgIpc) is 1.14. The van der Waals surface area contributed by atoms with Gasteiger partial charge in [0, 0.05) is 131 Å². The second-order valence-electron chi connectivity index (χ2n) is 25.9. The number of benzene rings is 6. The molecule has 542 valence electrons. The number of aromatic carboxylic acids is 1. The molecule has 1 fully saturated rings. The van der Waals surface area contributed by atoms with Crippen LogP contribution in [0.5, 0.6) is 5.75 Å². The summed E-state index contributed by atoms with van der Waals surface area (Å²) >= 11 is 7.47. The molecule has 0 bridgehead atoms. The highest BCUT2D eigenvalue weighted by Gasteiger charge is 2.43. The molecule has 10 rings (SSSR count). The molecular weight excluding hydrogens is 1390 g/mol. The number of carbonyl (C=O) groups is 7. The first-order valence-electron chi connectivity index (χ1n) is 33.9. The predicted molar refractivity (Wildman–Crippen MR) is 398 cm³/mol. The standard InChI is InChI=1S/C75H77ClFN17O10S/c1-93(2)50-25-28-54-62(41-50)104-63-42-51(94(3)4)26-29-55(63)66(54)53-27-20-46(40-56(53)72(100)101)69(97)81-34-6-5-12-58(68(78)96)86-71(99)60(39-45-18-23-48(24-19-45)90-92-80)87-70(98)59(38-44-16-21-47(22-17-44)89-91-79)85-65(95)15-9-35-82-73(102)75(43-49-10-7-14-64(84-49)88-74-83-36-37-105-74)32-30-52(31-33-75)103-61-13-8-11-57(76)67(61)77/h7-8,10-11,13-14,16-29,36-37,40-42,52,58-60H,5-6,9,12,15,30-35,38-39,43H2,1-4H3,(H8-,78,81,82,83,84,85,86,87,88,95,96,97,98,99,100,101,102)/p+1/t52?,58-,59-,60-,75?/m0/s1. The Balaban J connectivity index is 0.795. The van der Waals surface area contributed by atoms with E-state index in [0.29, 0.717) is 86.9 Å². The van der Waals surface area contributed by atoms with Crippen LogP contribution in [0.3, 0.4) is 0 Å². The van der Waals surface area contributed by atoms with Crippen molar-refractivity contribution < 1.29 is 52.2 Å². The summed E-state index contributed by atoms with van der Waals surface area (Å²) in [6.45, 7) is 0.135. The fourth-order valence-electron chi connectivity index (χ4n) is 12.6. The maximum Gasteiger partial charge on any atom is 0.336 e. The van der Waals surface area contributed by atoms with Crippen molar-refractivity contribution in [3.63, 3.8) is 0 Å². The number of nitrogens with zero attached hydrogens (tertiary/aromatic N) is 10. The first-order valence-corrected chi connectivity index (χ1v) is 35.2. The molecular formula is C75H78ClFN17O10S+. The van der Waals surface area contributed by atoms with E-state index in [1.165, 1.54) is 53.8 Å². The third-order valence-corrected chi connectivity index (χ3v) is 19.1. The van der Waals surface area contributed by atoms with Gasteiger partial charge in [0.1, 0.15) is 49.4 Å². The van der Waals surface area contributed by atoms with Crippen molar-refractivity contribution in [3.8, 4) is 28.2 Å². The van der Waals surface area contributed by atoms with Gasteiger partial charge in [-0.25, -0.2) is 23.7 Å². The van der Waals surface area contributed by atoms with E-state index in [1.54, 1.807) is 54.7 Å². The number of ether oxygens (including phenoxy) is 1. The summed E-state index contributed by atoms with van der Waals surface area (Å²) in [4.78, 5) is 115. The van der Waals surface area contributed by atoms with Gasteiger partial charge in [0.25, 0.3) is 5.91 Å². The number of nitrogens with one attached hydrogen (secondary N) is 6. The van der Waals surface area contributed by atoms with Crippen LogP contribution in [-0.2, 0) is 43.2 Å². The summed E-state index contributed by atoms with van der Waals surface area (Å²) in [5.74, 6) is -4.77. The SMILES string of the molecule is CN(C)c1ccc2c(-c3ccc(C(=O)NCCCC[C@H](NC(=O)[C@H](Cc4ccc(N=[N+]=[N-])cc4)NC(=O)[C@H](Cc4ccc(N=[N+]=[N-])cc4)NC(=O)CCCNC(=O)C4(Cc5cccc(Nc6nccs6)n5)CCC(Oc5cccc(Cl)c5F)CC4)C(N)=O)cc3C(=O)O)c3ccc(=[N+](C)C)cc-3oc2c1. The van der Waals surface area contributed by atoms with E-state index >= 15 is 0 Å². The van der Waals surface area contributed by atoms with E-state index in [9.17, 15) is 43.1 Å². The Bertz CT molecular complexity index is 4820. The van der Waals surface area contributed by atoms with Crippen LogP contribution in [0.1, 0.15) is 95.3 Å². The molecule has 27 nitrogen and oxygen atoms in total. The fraction of sp³-hybridized carbons (Fsp3) is 0.307. The van der Waals surface area contributed by atoms with Crippen molar-refractivity contribution in [1.29, 1.82) is 0 Å². The van der Waals surface area contributed by atoms with E-state index < -0.39 is 71.0 Å². The number of hydrogen-bond donors (Lipinski definition) is 8. The van der Waals surface area contributed by atoms with Gasteiger partial charge in [-0.3, -0.25) is 28.8 Å². The van der Waals surface area contributed by atoms with Crippen molar-refractivity contribution in [2.45, 2.75) is 101 Å². The van der Waals surface area contributed by atoms with Crippen molar-refractivity contribution in [2.75, 3.05) is 51.5 Å². The number of fused-ring (bicyclic) bond motifs is 2. The molecule has 105 heavy (non-hydrogen) atoms. The topological polar surface area (TPSA) is 390 Å². The normalized spacial score (nSPS) is 14.8. The average molecular weight is 1460 g/mol. The number of carboxylic acids is 1. The van der Waals surface area contributed by atoms with Crippen LogP contribution < -0.4 is 57.2 Å². The number of carbonyl (C=O) groups excluding carboxylic acids is 6. The van der Waals surface area contributed by atoms with Crippen LogP contribution in [0.25, 0.3) is 54.3 Å². The van der Waals surface area contributed by atoms with Gasteiger partial charge in [-0.15, -0.1) is 11.3 Å². The molecule has 3 heterocycles. The maximum absolute atomic E-state index is 15.0. The lowest BCUT2D eigenvalue weighted by Gasteiger charge is -2.39. The molecule has 2 aliphatic carbocycles. The molecule has 6 amide bonds. The van der Waals surface area contributed by atoms with Gasteiger partial charge in [0.05, 0.1) is 28.2 Å². The van der Waals surface area contributed by atoms with E-state index in [4.69, 9.17) is 42.5 Å². The highest BCUT2D eigenvalue weighted by atomic mass is 35.5. The molecule has 5 aromatic carbocycles. The first kappa shape index (κ1) is 75.8. The number of hydrogen-bond acceptors (Lipinski definition) is 16. The minimum absolute atomic E-state index is 0.000600. The number of aromatic nitrogens is 2. The molecule has 7 aromatic rings. The van der Waals surface area contributed by atoms with E-state index in [1.807, 2.05) is 91.6 Å². The van der Waals surface area contributed by atoms with Gasteiger partial charge in [0.2, 0.25) is 34.9 Å². The number of unbranched alkanes of at least 4 members (excludes halogenated alkanes) is 1. The number of carboxylic acid groups (broad SMARTS) is 1. The molecule has 9 N–H and O–H groups in total. The van der Waals surface area contributed by atoms with Gasteiger partial charge in [-0.2, -0.15) is 0 Å². The molecule has 0 spiro atoms. The van der Waals surface area contributed by atoms with Gasteiger partial charge in [-0.1, -0.05) is 88.6 Å². The van der Waals surface area contributed by atoms with Crippen LogP contribution >= 0.6 is 22.9 Å². The van der Waals surface area contributed by atoms with Crippen molar-refractivity contribution in [1.82, 2.24) is 41.1 Å². The molecule has 3 atom stereocenters. The zero-order valence-corrected chi connectivity index (χ0v) is 59.6. The smallest absolute Gasteiger partial charge is 0.336 e. The van der Waals surface area contributed by atoms with Gasteiger partial charge in [0.15, 0.2) is 16.7 Å². The third kappa shape index (κ3) is 19.8. The Morgan fingerprint density at radius 2 is 1.45 bits per heavy atom. The molecule has 0 radical (unpaired) electrons. The first-order chi connectivity index (χ1) is 50.6. The zero-order valence-electron chi connectivity index (χ0n) is 58.0. The quantitative estimate of drug-likeness (QED) is 0.00485. The van der Waals surface area contributed by atoms with Gasteiger partial charge >= 0.3 is 5.97 Å². The Morgan fingerprint density at radius 3 is 2.09 bits per heavy atom. The summed E-state index contributed by atoms with van der Waals surface area (Å²) in [5, 5.41) is 39.2. The highest BCUT2D eigenvalue weighted by Crippen LogP contribution is 2.44. The summed E-state index contributed by atoms with van der Waals surface area (Å²) in [7, 11) is 7.62. The predicted octanol–water partition coefficient (Wildman–Crippen LogP) is 11.7. The summed E-state index contributed by atoms with van der Waals surface area (Å²) in [6.07, 6.45) is 3.22. The summed E-state index contributed by atoms with van der Waals surface area (Å²) in [6, 6.07) is 34.3. The number of azide groups is 2. The van der Waals surface area contributed by atoms with Crippen molar-refractivity contribution in [3.05, 3.63) is 216 Å². The van der Waals surface area contributed by atoms with Gasteiger partial charge < -0.3 is 56.8 Å². The number of thiazole rings is 1. The monoisotopic (exact) mass is 1460 g/mol. The van der Waals surface area contributed by atoms with Crippen LogP contribution in [0, 0.1) is 11.2 Å². The largest absolute Gasteiger partial charge is 0.487 e. The number of pyridine rings is 1. The van der Waals surface area contributed by atoms with E-state index in [-0.39, 0.29) is 104 Å². The molecule has 1 saturated carbocycles. The number of halogens is 2. The zero-order chi connectivity index (χ0) is 74.7. The third-order valence-electron chi connectivity index (χ3n) is 18.2. The molecule has 30 heteroatoms. The van der Waals surface area contributed by atoms with Gasteiger partial charge in [-0.05, 0) is 134 Å². The molecule has 2 aromatic heterocycles. The summed E-state index contributed by atoms with van der Waals surface area (Å²) in [5.41, 5.74) is 28.3. The summed E-state index contributed by atoms with van der Waals surface area (Å²) < 4.78 is 29.4. The Labute approximate surface area is 612 Å². The van der Waals surface area contributed by atoms with Crippen LogP contribution in [-0.4, -0.2) is 122 Å². The van der Waals surface area contributed by atoms with Crippen molar-refractivity contribution in [2.24, 2.45) is 21.4 Å². The fourth-order valence-corrected chi connectivity index (χ4v) is 13.3. The number of anilines is 3. The number of amides is 6. The second kappa shape index (κ2) is 35.3. The number of rotatable bonds is 32. The lowest BCUT2D eigenvalue weighted by Crippen LogP contribution is -2.57. The highest BCUT2D eigenvalue weighted by molar-refractivity contribution is 7.13. The molecule has 3 aliphatic rings. The number of nitrogens with two attached hydrogens (primary N) is 1. The van der Waals surface area contributed by atoms with E-state index in [2.05, 4.69) is 56.9 Å². The molecule has 0 unspecified atom stereocenters. The maximum atomic E-state index is 15.0. The Hall–Kier alpha value is -11.9. The lowest BCUT2D eigenvalue weighted by atomic mass is 9.69. The molecule has 1 aliphatic heterocycles. The lowest BCUT2D eigenvalue weighted by molar-refractivity contribution is -0.134. The van der Waals surface area contributed by atoms with Crippen LogP contribution in [0.4, 0.5) is 32.4 Å².